The van der Waals surface area contributed by atoms with Gasteiger partial charge in [0.2, 0.25) is 0 Å². The fourth-order valence-corrected chi connectivity index (χ4v) is 1.70. The van der Waals surface area contributed by atoms with E-state index in [1.165, 1.54) is 0 Å². The number of fused-ring (bicyclic) bond motifs is 1. The van der Waals surface area contributed by atoms with E-state index in [2.05, 4.69) is 5.32 Å². The van der Waals surface area contributed by atoms with Gasteiger partial charge in [0.15, 0.2) is 0 Å². The molecule has 1 aromatic rings. The fraction of sp³-hybridized carbons (Fsp3) is 0.300. The lowest BCUT2D eigenvalue weighted by molar-refractivity contribution is -0.108. The van der Waals surface area contributed by atoms with Gasteiger partial charge in [0.1, 0.15) is 12.0 Å². The van der Waals surface area contributed by atoms with Gasteiger partial charge < -0.3 is 15.2 Å². The molecule has 1 atom stereocenters. The standard InChI is InChI=1S/C10H11NO2/c12-5-4-7-6-8-9(11-7)2-1-3-10(8)13/h1-3,5,7,11,13H,4,6H2. The van der Waals surface area contributed by atoms with Gasteiger partial charge in [-0.25, -0.2) is 0 Å². The number of carbonyl (C=O) groups excluding carboxylic acids is 1. The van der Waals surface area contributed by atoms with Crippen LogP contribution in [0.4, 0.5) is 5.69 Å². The lowest BCUT2D eigenvalue weighted by atomic mass is 10.1. The van der Waals surface area contributed by atoms with Crippen LogP contribution in [0.2, 0.25) is 0 Å². The molecule has 0 aliphatic carbocycles. The molecule has 0 fully saturated rings. The van der Waals surface area contributed by atoms with Gasteiger partial charge in [-0.1, -0.05) is 6.07 Å². The first-order valence-corrected chi connectivity index (χ1v) is 4.32. The van der Waals surface area contributed by atoms with Crippen LogP contribution < -0.4 is 5.32 Å². The van der Waals surface area contributed by atoms with Crippen LogP contribution in [0.5, 0.6) is 5.75 Å². The predicted molar refractivity (Wildman–Crippen MR) is 49.9 cm³/mol. The number of hydrogen-bond acceptors (Lipinski definition) is 3. The van der Waals surface area contributed by atoms with Crippen molar-refractivity contribution in [2.24, 2.45) is 0 Å². The average Bonchev–Trinajstić information content (AvgIpc) is 2.49. The van der Waals surface area contributed by atoms with Crippen molar-refractivity contribution in [3.05, 3.63) is 23.8 Å². The molecule has 0 spiro atoms. The van der Waals surface area contributed by atoms with Crippen molar-refractivity contribution >= 4 is 12.0 Å². The molecular weight excluding hydrogens is 166 g/mol. The van der Waals surface area contributed by atoms with Crippen molar-refractivity contribution < 1.29 is 9.90 Å². The smallest absolute Gasteiger partial charge is 0.122 e. The lowest BCUT2D eigenvalue weighted by Crippen LogP contribution is -2.15. The Bertz CT molecular complexity index is 336. The quantitative estimate of drug-likeness (QED) is 0.670. The number of rotatable bonds is 2. The fourth-order valence-electron chi connectivity index (χ4n) is 1.70. The largest absolute Gasteiger partial charge is 0.508 e. The van der Waals surface area contributed by atoms with E-state index >= 15 is 0 Å². The number of carbonyl (C=O) groups is 1. The molecule has 2 N–H and O–H groups in total. The van der Waals surface area contributed by atoms with Gasteiger partial charge in [-0.15, -0.1) is 0 Å². The lowest BCUT2D eigenvalue weighted by Gasteiger charge is -2.04. The van der Waals surface area contributed by atoms with E-state index in [4.69, 9.17) is 0 Å². The SMILES string of the molecule is O=CCC1Cc2c(O)cccc2N1. The van der Waals surface area contributed by atoms with Crippen molar-refractivity contribution in [2.45, 2.75) is 18.9 Å². The highest BCUT2D eigenvalue weighted by molar-refractivity contribution is 5.64. The minimum Gasteiger partial charge on any atom is -0.508 e. The van der Waals surface area contributed by atoms with Gasteiger partial charge in [0.25, 0.3) is 0 Å². The van der Waals surface area contributed by atoms with Crippen LogP contribution in [-0.4, -0.2) is 17.4 Å². The van der Waals surface area contributed by atoms with Crippen molar-refractivity contribution in [1.29, 1.82) is 0 Å². The number of aldehydes is 1. The molecule has 1 heterocycles. The van der Waals surface area contributed by atoms with Gasteiger partial charge in [-0.3, -0.25) is 0 Å². The topological polar surface area (TPSA) is 49.3 Å². The summed E-state index contributed by atoms with van der Waals surface area (Å²) in [5.74, 6) is 0.318. The molecule has 0 amide bonds. The van der Waals surface area contributed by atoms with E-state index in [1.807, 2.05) is 6.07 Å². The molecule has 1 aromatic carbocycles. The van der Waals surface area contributed by atoms with Crippen LogP contribution in [0.3, 0.4) is 0 Å². The second-order valence-electron chi connectivity index (χ2n) is 3.25. The first-order valence-electron chi connectivity index (χ1n) is 4.32. The van der Waals surface area contributed by atoms with Crippen molar-refractivity contribution in [3.8, 4) is 5.75 Å². The third-order valence-electron chi connectivity index (χ3n) is 2.34. The Labute approximate surface area is 76.4 Å². The van der Waals surface area contributed by atoms with Crippen LogP contribution in [-0.2, 0) is 11.2 Å². The summed E-state index contributed by atoms with van der Waals surface area (Å²) >= 11 is 0. The van der Waals surface area contributed by atoms with Crippen LogP contribution in [0, 0.1) is 0 Å². The highest BCUT2D eigenvalue weighted by atomic mass is 16.3. The van der Waals surface area contributed by atoms with Crippen LogP contribution in [0.25, 0.3) is 0 Å². The second kappa shape index (κ2) is 3.09. The van der Waals surface area contributed by atoms with E-state index in [-0.39, 0.29) is 6.04 Å². The molecule has 0 bridgehead atoms. The summed E-state index contributed by atoms with van der Waals surface area (Å²) in [6, 6.07) is 5.54. The number of phenols is 1. The number of benzene rings is 1. The number of nitrogens with one attached hydrogen (secondary N) is 1. The van der Waals surface area contributed by atoms with Crippen LogP contribution >= 0.6 is 0 Å². The summed E-state index contributed by atoms with van der Waals surface area (Å²) in [7, 11) is 0. The molecule has 0 saturated heterocycles. The molecule has 68 valence electrons. The highest BCUT2D eigenvalue weighted by Gasteiger charge is 2.21. The molecule has 0 saturated carbocycles. The zero-order chi connectivity index (χ0) is 9.26. The van der Waals surface area contributed by atoms with Gasteiger partial charge in [0.05, 0.1) is 0 Å². The first kappa shape index (κ1) is 8.10. The molecule has 13 heavy (non-hydrogen) atoms. The molecule has 1 aliphatic heterocycles. The molecule has 0 radical (unpaired) electrons. The van der Waals surface area contributed by atoms with Crippen molar-refractivity contribution in [2.75, 3.05) is 5.32 Å². The Morgan fingerprint density at radius 1 is 1.62 bits per heavy atom. The third-order valence-corrected chi connectivity index (χ3v) is 2.34. The summed E-state index contributed by atoms with van der Waals surface area (Å²) in [5.41, 5.74) is 1.88. The molecule has 3 heteroatoms. The molecule has 1 aliphatic rings. The Morgan fingerprint density at radius 3 is 3.15 bits per heavy atom. The van der Waals surface area contributed by atoms with E-state index < -0.39 is 0 Å². The number of hydrogen-bond donors (Lipinski definition) is 2. The second-order valence-corrected chi connectivity index (χ2v) is 3.25. The first-order chi connectivity index (χ1) is 6.31. The third kappa shape index (κ3) is 1.37. The summed E-state index contributed by atoms with van der Waals surface area (Å²) in [6.07, 6.45) is 2.13. The van der Waals surface area contributed by atoms with Gasteiger partial charge in [-0.2, -0.15) is 0 Å². The summed E-state index contributed by atoms with van der Waals surface area (Å²) in [5, 5.41) is 12.7. The van der Waals surface area contributed by atoms with Crippen LogP contribution in [0.15, 0.2) is 18.2 Å². The molecule has 3 nitrogen and oxygen atoms in total. The Morgan fingerprint density at radius 2 is 2.46 bits per heavy atom. The monoisotopic (exact) mass is 177 g/mol. The minimum atomic E-state index is 0.154. The number of phenolic OH excluding ortho intramolecular Hbond substituents is 1. The van der Waals surface area contributed by atoms with Gasteiger partial charge in [-0.05, 0) is 18.6 Å². The Kier molecular flexibility index (Phi) is 1.93. The molecule has 2 rings (SSSR count). The van der Waals surface area contributed by atoms with Gasteiger partial charge in [0, 0.05) is 23.7 Å². The van der Waals surface area contributed by atoms with Gasteiger partial charge >= 0.3 is 0 Å². The molecule has 0 aromatic heterocycles. The maximum absolute atomic E-state index is 10.3. The minimum absolute atomic E-state index is 0.154. The molecule has 1 unspecified atom stereocenters. The maximum atomic E-state index is 10.3. The number of anilines is 1. The van der Waals surface area contributed by atoms with E-state index in [0.717, 1.165) is 24.0 Å². The zero-order valence-corrected chi connectivity index (χ0v) is 7.16. The summed E-state index contributed by atoms with van der Waals surface area (Å²) in [6.45, 7) is 0. The van der Waals surface area contributed by atoms with E-state index in [1.54, 1.807) is 12.1 Å². The summed E-state index contributed by atoms with van der Waals surface area (Å²) in [4.78, 5) is 10.3. The normalized spacial score (nSPS) is 19.2. The van der Waals surface area contributed by atoms with E-state index in [0.29, 0.717) is 12.2 Å². The van der Waals surface area contributed by atoms with Crippen molar-refractivity contribution in [3.63, 3.8) is 0 Å². The average molecular weight is 177 g/mol. The highest BCUT2D eigenvalue weighted by Crippen LogP contribution is 2.33. The molecular formula is C10H11NO2. The maximum Gasteiger partial charge on any atom is 0.122 e. The predicted octanol–water partition coefficient (Wildman–Crippen LogP) is 1.32. The Balaban J connectivity index is 2.24. The zero-order valence-electron chi connectivity index (χ0n) is 7.16. The van der Waals surface area contributed by atoms with E-state index in [9.17, 15) is 9.90 Å². The summed E-state index contributed by atoms with van der Waals surface area (Å²) < 4.78 is 0. The van der Waals surface area contributed by atoms with Crippen molar-refractivity contribution in [1.82, 2.24) is 0 Å². The number of aromatic hydroxyl groups is 1. The van der Waals surface area contributed by atoms with Crippen LogP contribution in [0.1, 0.15) is 12.0 Å². The Hall–Kier alpha value is -1.51.